The summed E-state index contributed by atoms with van der Waals surface area (Å²) in [7, 11) is 0. The molecule has 3 heterocycles. The van der Waals surface area contributed by atoms with Crippen LogP contribution < -0.4 is 0 Å². The fourth-order valence-corrected chi connectivity index (χ4v) is 5.17. The third-order valence-corrected chi connectivity index (χ3v) is 7.21. The van der Waals surface area contributed by atoms with Crippen LogP contribution in [0.15, 0.2) is 18.2 Å². The number of benzene rings is 1. The number of amides is 1. The van der Waals surface area contributed by atoms with Crippen molar-refractivity contribution in [3.63, 3.8) is 0 Å². The monoisotopic (exact) mass is 423 g/mol. The standard InChI is InChI=1S/C23H31F2NO4/c1-21(2,28)18-4-5-22(3,30-18)19-13-23(14-29-19)6-8-26(9-7-23)20(27)15-10-16(24)12-17(25)11-15/h10-12,18-19,28H,4-9,13-14H2,1-3H3/t18-,19+,22+/m0/s1. The Balaban J connectivity index is 1.37. The molecule has 1 N–H and O–H groups in total. The number of hydrogen-bond acceptors (Lipinski definition) is 4. The van der Waals surface area contributed by atoms with Crippen LogP contribution in [0, 0.1) is 17.0 Å². The van der Waals surface area contributed by atoms with Crippen LogP contribution >= 0.6 is 0 Å². The fourth-order valence-electron chi connectivity index (χ4n) is 5.17. The van der Waals surface area contributed by atoms with Crippen molar-refractivity contribution < 1.29 is 28.2 Å². The number of hydrogen-bond donors (Lipinski definition) is 1. The Bertz CT molecular complexity index is 796. The Labute approximate surface area is 176 Å². The van der Waals surface area contributed by atoms with Crippen LogP contribution in [0.3, 0.4) is 0 Å². The fraction of sp³-hybridized carbons (Fsp3) is 0.696. The number of carbonyl (C=O) groups excluding carboxylic acids is 1. The first-order chi connectivity index (χ1) is 14.0. The molecular formula is C23H31F2NO4. The highest BCUT2D eigenvalue weighted by Gasteiger charge is 2.53. The first-order valence-electron chi connectivity index (χ1n) is 10.8. The smallest absolute Gasteiger partial charge is 0.254 e. The van der Waals surface area contributed by atoms with E-state index in [9.17, 15) is 18.7 Å². The molecular weight excluding hydrogens is 392 g/mol. The van der Waals surface area contributed by atoms with Crippen molar-refractivity contribution >= 4 is 5.91 Å². The van der Waals surface area contributed by atoms with Crippen molar-refractivity contribution in [2.45, 2.75) is 76.3 Å². The van der Waals surface area contributed by atoms with E-state index in [1.807, 2.05) is 0 Å². The highest BCUT2D eigenvalue weighted by atomic mass is 19.1. The molecule has 0 unspecified atom stereocenters. The van der Waals surface area contributed by atoms with E-state index >= 15 is 0 Å². The molecule has 1 aromatic rings. The predicted molar refractivity (Wildman–Crippen MR) is 107 cm³/mol. The van der Waals surface area contributed by atoms with Crippen LogP contribution in [-0.2, 0) is 9.47 Å². The van der Waals surface area contributed by atoms with Gasteiger partial charge >= 0.3 is 0 Å². The second-order valence-corrected chi connectivity index (χ2v) is 10.1. The summed E-state index contributed by atoms with van der Waals surface area (Å²) in [6, 6.07) is 2.94. The summed E-state index contributed by atoms with van der Waals surface area (Å²) < 4.78 is 39.4. The van der Waals surface area contributed by atoms with Gasteiger partial charge in [-0.25, -0.2) is 8.78 Å². The highest BCUT2D eigenvalue weighted by Crippen LogP contribution is 2.49. The number of piperidine rings is 1. The summed E-state index contributed by atoms with van der Waals surface area (Å²) in [5.74, 6) is -1.82. The predicted octanol–water partition coefficient (Wildman–Crippen LogP) is 3.68. The van der Waals surface area contributed by atoms with E-state index in [1.54, 1.807) is 18.7 Å². The Hall–Kier alpha value is -1.57. The molecule has 3 aliphatic heterocycles. The number of nitrogens with zero attached hydrogens (tertiary/aromatic N) is 1. The molecule has 3 fully saturated rings. The van der Waals surface area contributed by atoms with Crippen molar-refractivity contribution in [3.05, 3.63) is 35.4 Å². The molecule has 0 radical (unpaired) electrons. The van der Waals surface area contributed by atoms with Crippen LogP contribution in [-0.4, -0.2) is 59.0 Å². The van der Waals surface area contributed by atoms with Gasteiger partial charge in [-0.05, 0) is 70.4 Å². The second kappa shape index (κ2) is 7.53. The molecule has 0 saturated carbocycles. The zero-order valence-electron chi connectivity index (χ0n) is 17.9. The van der Waals surface area contributed by atoms with Crippen molar-refractivity contribution in [2.75, 3.05) is 19.7 Å². The highest BCUT2D eigenvalue weighted by molar-refractivity contribution is 5.94. The lowest BCUT2D eigenvalue weighted by Crippen LogP contribution is -2.45. The number of ether oxygens (including phenoxy) is 2. The van der Waals surface area contributed by atoms with E-state index in [0.717, 1.165) is 50.3 Å². The molecule has 4 rings (SSSR count). The van der Waals surface area contributed by atoms with Gasteiger partial charge in [0.1, 0.15) is 11.6 Å². The SMILES string of the molecule is CC(C)(O)[C@@H]1CC[C@](C)([C@H]2CC3(CCN(C(=O)c4cc(F)cc(F)c4)CC3)CO2)O1. The quantitative estimate of drug-likeness (QED) is 0.806. The number of rotatable bonds is 3. The summed E-state index contributed by atoms with van der Waals surface area (Å²) in [5, 5.41) is 10.3. The Kier molecular flexibility index (Phi) is 5.44. The lowest BCUT2D eigenvalue weighted by Gasteiger charge is -2.39. The molecule has 3 aliphatic rings. The van der Waals surface area contributed by atoms with Gasteiger partial charge in [-0.1, -0.05) is 0 Å². The summed E-state index contributed by atoms with van der Waals surface area (Å²) in [4.78, 5) is 14.4. The molecule has 30 heavy (non-hydrogen) atoms. The third-order valence-electron chi connectivity index (χ3n) is 7.21. The van der Waals surface area contributed by atoms with E-state index in [4.69, 9.17) is 9.47 Å². The average molecular weight is 424 g/mol. The Morgan fingerprint density at radius 2 is 1.80 bits per heavy atom. The number of aliphatic hydroxyl groups is 1. The minimum Gasteiger partial charge on any atom is -0.388 e. The van der Waals surface area contributed by atoms with Gasteiger partial charge in [0, 0.05) is 24.7 Å². The summed E-state index contributed by atoms with van der Waals surface area (Å²) >= 11 is 0. The van der Waals surface area contributed by atoms with Crippen LogP contribution in [0.4, 0.5) is 8.78 Å². The first kappa shape index (κ1) is 21.7. The molecule has 0 bridgehead atoms. The van der Waals surface area contributed by atoms with Gasteiger partial charge in [0.15, 0.2) is 0 Å². The van der Waals surface area contributed by atoms with Gasteiger partial charge in [-0.2, -0.15) is 0 Å². The first-order valence-corrected chi connectivity index (χ1v) is 10.8. The molecule has 166 valence electrons. The minimum atomic E-state index is -0.879. The van der Waals surface area contributed by atoms with Crippen molar-refractivity contribution in [3.8, 4) is 0 Å². The van der Waals surface area contributed by atoms with Crippen molar-refractivity contribution in [1.82, 2.24) is 4.90 Å². The minimum absolute atomic E-state index is 0.00613. The lowest BCUT2D eigenvalue weighted by atomic mass is 9.74. The maximum atomic E-state index is 13.5. The van der Waals surface area contributed by atoms with Crippen LogP contribution in [0.1, 0.15) is 63.2 Å². The van der Waals surface area contributed by atoms with Gasteiger partial charge in [-0.3, -0.25) is 4.79 Å². The van der Waals surface area contributed by atoms with Gasteiger partial charge in [0.25, 0.3) is 5.91 Å². The largest absolute Gasteiger partial charge is 0.388 e. The third kappa shape index (κ3) is 4.12. The number of likely N-dealkylation sites (tertiary alicyclic amines) is 1. The van der Waals surface area contributed by atoms with E-state index in [-0.39, 0.29) is 29.1 Å². The molecule has 3 atom stereocenters. The summed E-state index contributed by atoms with van der Waals surface area (Å²) in [6.45, 7) is 7.32. The van der Waals surface area contributed by atoms with Crippen LogP contribution in [0.5, 0.6) is 0 Å². The zero-order valence-corrected chi connectivity index (χ0v) is 17.9. The molecule has 1 amide bonds. The molecule has 1 spiro atoms. The molecule has 0 aromatic heterocycles. The van der Waals surface area contributed by atoms with E-state index in [2.05, 4.69) is 6.92 Å². The lowest BCUT2D eigenvalue weighted by molar-refractivity contribution is -0.155. The van der Waals surface area contributed by atoms with Crippen LogP contribution in [0.2, 0.25) is 0 Å². The average Bonchev–Trinajstić information content (AvgIpc) is 3.26. The zero-order chi connectivity index (χ0) is 21.7. The number of halogens is 2. The van der Waals surface area contributed by atoms with Crippen molar-refractivity contribution in [2.24, 2.45) is 5.41 Å². The van der Waals surface area contributed by atoms with Gasteiger partial charge in [0.05, 0.1) is 30.0 Å². The summed E-state index contributed by atoms with van der Waals surface area (Å²) in [6.07, 6.45) is 3.85. The molecule has 5 nitrogen and oxygen atoms in total. The normalized spacial score (nSPS) is 31.5. The number of carbonyl (C=O) groups is 1. The van der Waals surface area contributed by atoms with Crippen LogP contribution in [0.25, 0.3) is 0 Å². The maximum Gasteiger partial charge on any atom is 0.254 e. The van der Waals surface area contributed by atoms with E-state index < -0.39 is 22.8 Å². The molecule has 3 saturated heterocycles. The van der Waals surface area contributed by atoms with Crippen molar-refractivity contribution in [1.29, 1.82) is 0 Å². The van der Waals surface area contributed by atoms with Gasteiger partial charge < -0.3 is 19.5 Å². The van der Waals surface area contributed by atoms with E-state index in [0.29, 0.717) is 19.7 Å². The molecule has 1 aromatic carbocycles. The topological polar surface area (TPSA) is 59.0 Å². The Morgan fingerprint density at radius 1 is 1.17 bits per heavy atom. The van der Waals surface area contributed by atoms with E-state index in [1.165, 1.54) is 0 Å². The van der Waals surface area contributed by atoms with Gasteiger partial charge in [-0.15, -0.1) is 0 Å². The maximum absolute atomic E-state index is 13.5. The summed E-state index contributed by atoms with van der Waals surface area (Å²) in [5.41, 5.74) is -1.25. The van der Waals surface area contributed by atoms with Gasteiger partial charge in [0.2, 0.25) is 0 Å². The second-order valence-electron chi connectivity index (χ2n) is 10.1. The Morgan fingerprint density at radius 3 is 2.37 bits per heavy atom. The molecule has 0 aliphatic carbocycles. The molecule has 7 heteroatoms.